The summed E-state index contributed by atoms with van der Waals surface area (Å²) in [4.78, 5) is 29.9. The predicted molar refractivity (Wildman–Crippen MR) is 99.5 cm³/mol. The summed E-state index contributed by atoms with van der Waals surface area (Å²) in [5, 5.41) is 5.50. The van der Waals surface area contributed by atoms with E-state index >= 15 is 0 Å². The SMILES string of the molecule is CCN(CC)CCn1c(NC(=O)CCNC(C)=O)nc2ccccc21. The summed E-state index contributed by atoms with van der Waals surface area (Å²) in [5.74, 6) is 0.258. The van der Waals surface area contributed by atoms with Crippen LogP contribution in [-0.4, -0.2) is 52.4 Å². The number of nitrogens with zero attached hydrogens (tertiary/aromatic N) is 3. The van der Waals surface area contributed by atoms with Crippen LogP contribution in [-0.2, 0) is 16.1 Å². The minimum atomic E-state index is -0.159. The lowest BCUT2D eigenvalue weighted by Gasteiger charge is -2.19. The van der Waals surface area contributed by atoms with Crippen molar-refractivity contribution >= 4 is 28.8 Å². The number of fused-ring (bicyclic) bond motifs is 1. The second kappa shape index (κ2) is 9.17. The molecule has 7 nitrogen and oxygen atoms in total. The van der Waals surface area contributed by atoms with Crippen LogP contribution in [0.4, 0.5) is 5.95 Å². The summed E-state index contributed by atoms with van der Waals surface area (Å²) in [6.07, 6.45) is 0.221. The quantitative estimate of drug-likeness (QED) is 0.727. The number of hydrogen-bond donors (Lipinski definition) is 2. The highest BCUT2D eigenvalue weighted by Gasteiger charge is 2.13. The molecule has 1 aromatic carbocycles. The number of carbonyl (C=O) groups is 2. The number of rotatable bonds is 9. The Hall–Kier alpha value is -2.41. The third kappa shape index (κ3) is 5.29. The van der Waals surface area contributed by atoms with E-state index in [1.54, 1.807) is 0 Å². The van der Waals surface area contributed by atoms with Crippen molar-refractivity contribution in [3.63, 3.8) is 0 Å². The summed E-state index contributed by atoms with van der Waals surface area (Å²) < 4.78 is 2.05. The van der Waals surface area contributed by atoms with Gasteiger partial charge in [-0.25, -0.2) is 4.98 Å². The van der Waals surface area contributed by atoms with Crippen LogP contribution in [0, 0.1) is 0 Å². The molecule has 2 rings (SSSR count). The van der Waals surface area contributed by atoms with Gasteiger partial charge in [-0.15, -0.1) is 0 Å². The fourth-order valence-electron chi connectivity index (χ4n) is 2.72. The lowest BCUT2D eigenvalue weighted by molar-refractivity contribution is -0.119. The van der Waals surface area contributed by atoms with Crippen molar-refractivity contribution in [3.05, 3.63) is 24.3 Å². The molecule has 1 heterocycles. The van der Waals surface area contributed by atoms with Crippen LogP contribution in [0.3, 0.4) is 0 Å². The fraction of sp³-hybridized carbons (Fsp3) is 0.500. The van der Waals surface area contributed by atoms with Gasteiger partial charge in [0.1, 0.15) is 0 Å². The van der Waals surface area contributed by atoms with E-state index in [-0.39, 0.29) is 18.2 Å². The van der Waals surface area contributed by atoms with Gasteiger partial charge in [-0.3, -0.25) is 14.9 Å². The van der Waals surface area contributed by atoms with Crippen molar-refractivity contribution in [1.29, 1.82) is 0 Å². The van der Waals surface area contributed by atoms with Gasteiger partial charge < -0.3 is 14.8 Å². The van der Waals surface area contributed by atoms with E-state index in [0.29, 0.717) is 12.5 Å². The Morgan fingerprint density at radius 2 is 1.92 bits per heavy atom. The molecule has 0 aliphatic heterocycles. The molecule has 0 atom stereocenters. The zero-order valence-corrected chi connectivity index (χ0v) is 15.2. The van der Waals surface area contributed by atoms with Gasteiger partial charge in [0.15, 0.2) is 0 Å². The molecule has 2 aromatic rings. The Morgan fingerprint density at radius 3 is 2.60 bits per heavy atom. The highest BCUT2D eigenvalue weighted by molar-refractivity contribution is 5.91. The lowest BCUT2D eigenvalue weighted by atomic mass is 10.3. The first-order valence-corrected chi connectivity index (χ1v) is 8.77. The molecule has 136 valence electrons. The lowest BCUT2D eigenvalue weighted by Crippen LogP contribution is -2.28. The fourth-order valence-corrected chi connectivity index (χ4v) is 2.72. The first-order valence-electron chi connectivity index (χ1n) is 8.77. The van der Waals surface area contributed by atoms with Crippen LogP contribution in [0.5, 0.6) is 0 Å². The Morgan fingerprint density at radius 1 is 1.20 bits per heavy atom. The molecule has 7 heteroatoms. The molecule has 2 N–H and O–H groups in total. The van der Waals surface area contributed by atoms with Gasteiger partial charge in [-0.05, 0) is 25.2 Å². The first-order chi connectivity index (χ1) is 12.0. The Labute approximate surface area is 148 Å². The van der Waals surface area contributed by atoms with E-state index < -0.39 is 0 Å². The van der Waals surface area contributed by atoms with Gasteiger partial charge in [0.05, 0.1) is 11.0 Å². The van der Waals surface area contributed by atoms with E-state index in [1.165, 1.54) is 6.92 Å². The predicted octanol–water partition coefficient (Wildman–Crippen LogP) is 1.84. The van der Waals surface area contributed by atoms with Crippen LogP contribution in [0.2, 0.25) is 0 Å². The zero-order valence-electron chi connectivity index (χ0n) is 15.2. The maximum absolute atomic E-state index is 12.1. The molecule has 0 radical (unpaired) electrons. The third-order valence-corrected chi connectivity index (χ3v) is 4.17. The van der Waals surface area contributed by atoms with Crippen LogP contribution in [0.15, 0.2) is 24.3 Å². The van der Waals surface area contributed by atoms with Crippen LogP contribution >= 0.6 is 0 Å². The average Bonchev–Trinajstić information content (AvgIpc) is 2.92. The van der Waals surface area contributed by atoms with E-state index in [1.807, 2.05) is 28.8 Å². The third-order valence-electron chi connectivity index (χ3n) is 4.17. The van der Waals surface area contributed by atoms with Gasteiger partial charge in [-0.2, -0.15) is 0 Å². The van der Waals surface area contributed by atoms with E-state index in [0.717, 1.165) is 37.2 Å². The maximum Gasteiger partial charge on any atom is 0.228 e. The number of hydrogen-bond acceptors (Lipinski definition) is 4. The molecular formula is C18H27N5O2. The van der Waals surface area contributed by atoms with E-state index in [2.05, 4.69) is 34.4 Å². The number of anilines is 1. The maximum atomic E-state index is 12.1. The summed E-state index contributed by atoms with van der Waals surface area (Å²) in [6, 6.07) is 7.86. The number of benzene rings is 1. The highest BCUT2D eigenvalue weighted by Crippen LogP contribution is 2.19. The van der Waals surface area contributed by atoms with Gasteiger partial charge in [0.2, 0.25) is 17.8 Å². The Kier molecular flexibility index (Phi) is 6.94. The van der Waals surface area contributed by atoms with Gasteiger partial charge in [0.25, 0.3) is 0 Å². The molecular weight excluding hydrogens is 318 g/mol. The number of carbonyl (C=O) groups excluding carboxylic acids is 2. The number of imidazole rings is 1. The van der Waals surface area contributed by atoms with E-state index in [4.69, 9.17) is 0 Å². The van der Waals surface area contributed by atoms with Crippen molar-refractivity contribution in [3.8, 4) is 0 Å². The molecule has 0 aliphatic rings. The smallest absolute Gasteiger partial charge is 0.228 e. The van der Waals surface area contributed by atoms with Gasteiger partial charge >= 0.3 is 0 Å². The molecule has 0 fully saturated rings. The summed E-state index contributed by atoms with van der Waals surface area (Å²) in [6.45, 7) is 9.65. The molecule has 1 aromatic heterocycles. The van der Waals surface area contributed by atoms with Crippen molar-refractivity contribution < 1.29 is 9.59 Å². The average molecular weight is 345 g/mol. The second-order valence-electron chi connectivity index (χ2n) is 5.88. The van der Waals surface area contributed by atoms with Gasteiger partial charge in [-0.1, -0.05) is 26.0 Å². The Bertz CT molecular complexity index is 721. The van der Waals surface area contributed by atoms with Crippen molar-refractivity contribution in [2.45, 2.75) is 33.7 Å². The monoisotopic (exact) mass is 345 g/mol. The van der Waals surface area contributed by atoms with Crippen molar-refractivity contribution in [2.75, 3.05) is 31.5 Å². The minimum absolute atomic E-state index is 0.140. The van der Waals surface area contributed by atoms with Crippen LogP contribution < -0.4 is 10.6 Å². The first kappa shape index (κ1) is 18.9. The second-order valence-corrected chi connectivity index (χ2v) is 5.88. The van der Waals surface area contributed by atoms with Crippen LogP contribution in [0.1, 0.15) is 27.2 Å². The minimum Gasteiger partial charge on any atom is -0.356 e. The summed E-state index contributed by atoms with van der Waals surface area (Å²) in [5.41, 5.74) is 1.87. The summed E-state index contributed by atoms with van der Waals surface area (Å²) >= 11 is 0. The zero-order chi connectivity index (χ0) is 18.2. The number of para-hydroxylation sites is 2. The number of aromatic nitrogens is 2. The molecule has 0 aliphatic carbocycles. The molecule has 0 spiro atoms. The molecule has 25 heavy (non-hydrogen) atoms. The van der Waals surface area contributed by atoms with Crippen LogP contribution in [0.25, 0.3) is 11.0 Å². The molecule has 0 saturated carbocycles. The molecule has 0 bridgehead atoms. The van der Waals surface area contributed by atoms with Crippen molar-refractivity contribution in [2.24, 2.45) is 0 Å². The summed E-state index contributed by atoms with van der Waals surface area (Å²) in [7, 11) is 0. The highest BCUT2D eigenvalue weighted by atomic mass is 16.2. The number of nitrogens with one attached hydrogen (secondary N) is 2. The molecule has 0 saturated heterocycles. The normalized spacial score (nSPS) is 11.0. The van der Waals surface area contributed by atoms with Gasteiger partial charge in [0, 0.05) is 33.0 Å². The molecule has 2 amide bonds. The Balaban J connectivity index is 2.13. The van der Waals surface area contributed by atoms with Crippen molar-refractivity contribution in [1.82, 2.24) is 19.8 Å². The van der Waals surface area contributed by atoms with E-state index in [9.17, 15) is 9.59 Å². The molecule has 0 unspecified atom stereocenters. The topological polar surface area (TPSA) is 79.3 Å². The standard InChI is InChI=1S/C18H27N5O2/c1-4-22(5-2)12-13-23-16-9-7-6-8-15(16)20-18(23)21-17(25)10-11-19-14(3)24/h6-9H,4-5,10-13H2,1-3H3,(H,19,24)(H,20,21,25). The number of amides is 2. The number of likely N-dealkylation sites (N-methyl/N-ethyl adjacent to an activating group) is 1. The largest absolute Gasteiger partial charge is 0.356 e.